The van der Waals surface area contributed by atoms with E-state index in [2.05, 4.69) is 182 Å². The van der Waals surface area contributed by atoms with E-state index in [4.69, 9.17) is 0 Å². The summed E-state index contributed by atoms with van der Waals surface area (Å²) in [6.45, 7) is 21.9. The molecule has 0 nitrogen and oxygen atoms in total. The van der Waals surface area contributed by atoms with Crippen LogP contribution >= 0.6 is 24.8 Å². The van der Waals surface area contributed by atoms with Gasteiger partial charge in [-0.05, 0) is 39.1 Å². The summed E-state index contributed by atoms with van der Waals surface area (Å²) >= 11 is 1.36. The minimum atomic E-state index is 0. The maximum absolute atomic E-state index is 3.25. The summed E-state index contributed by atoms with van der Waals surface area (Å²) < 4.78 is 0. The molecule has 51 heavy (non-hydrogen) atoms. The third-order valence-corrected chi connectivity index (χ3v) is 8.98. The SMILES string of the molecule is CCc1cc2c(-c3cccc4ccccc34)ccc(C)c2[cH-]1.Cc1cc2c(-c3cccc4ccccc34)ccc(C)c2[cH-]1.Cl.Cl.[CH2-]C.[CH2-]C.[Si]=[Zr]. The van der Waals surface area contributed by atoms with Crippen LogP contribution in [0.5, 0.6) is 0 Å². The van der Waals surface area contributed by atoms with Crippen molar-refractivity contribution in [3.8, 4) is 22.3 Å². The van der Waals surface area contributed by atoms with Crippen LogP contribution in [0.25, 0.3) is 65.3 Å². The van der Waals surface area contributed by atoms with Crippen molar-refractivity contribution in [3.63, 3.8) is 0 Å². The molecule has 0 bridgehead atoms. The number of rotatable bonds is 3. The molecule has 8 rings (SSSR count). The van der Waals surface area contributed by atoms with Gasteiger partial charge in [-0.25, -0.2) is 0 Å². The van der Waals surface area contributed by atoms with E-state index in [1.54, 1.807) is 13.8 Å². The molecule has 0 N–H and O–H groups in total. The fraction of sp³-hybridized carbons (Fsp3) is 0.149. The number of fused-ring (bicyclic) bond motifs is 4. The molecule has 0 aliphatic heterocycles. The van der Waals surface area contributed by atoms with E-state index in [1.807, 2.05) is 0 Å². The summed E-state index contributed by atoms with van der Waals surface area (Å²) in [6, 6.07) is 48.7. The molecule has 0 aliphatic rings. The standard InChI is InChI=1S/C22H19.C21H17.2C2H5.2ClH.Si.Zr/c1-3-16-13-21-15(2)11-12-20(22(21)14-16)19-10-6-8-17-7-4-5-9-18(17)19;1-14-12-20-15(2)10-11-19(21(20)13-14)18-9-5-7-16-6-3-4-8-17(16)18;2*1-2;;;;/h4-14H,3H2,1-2H3;3-13H,1-2H3;2*1H2,2H3;2*1H;;/q4*-1;;;;. The molecule has 0 saturated heterocycles. The first-order valence-electron chi connectivity index (χ1n) is 17.0. The normalized spacial score (nSPS) is 9.86. The Bertz CT molecular complexity index is 2280. The predicted octanol–water partition coefficient (Wildman–Crippen LogP) is 14.4. The van der Waals surface area contributed by atoms with Crippen LogP contribution in [0.1, 0.15) is 43.0 Å². The van der Waals surface area contributed by atoms with Gasteiger partial charge in [0.2, 0.25) is 0 Å². The number of hydrogen-bond acceptors (Lipinski definition) is 0. The molecule has 0 amide bonds. The van der Waals surface area contributed by atoms with Crippen LogP contribution < -0.4 is 0 Å². The van der Waals surface area contributed by atoms with Crippen molar-refractivity contribution in [2.24, 2.45) is 0 Å². The van der Waals surface area contributed by atoms with Crippen molar-refractivity contribution in [3.05, 3.63) is 170 Å². The molecular formula is C47H48Cl2SiZr-4. The van der Waals surface area contributed by atoms with Gasteiger partial charge in [0.15, 0.2) is 0 Å². The summed E-state index contributed by atoms with van der Waals surface area (Å²) in [4.78, 5) is 0. The van der Waals surface area contributed by atoms with Crippen LogP contribution in [0.15, 0.2) is 133 Å². The zero-order valence-electron chi connectivity index (χ0n) is 30.6. The molecule has 2 radical (unpaired) electrons. The molecule has 0 aromatic heterocycles. The van der Waals surface area contributed by atoms with Crippen LogP contribution in [-0.2, 0) is 29.8 Å². The van der Waals surface area contributed by atoms with Gasteiger partial charge in [0, 0.05) is 0 Å². The summed E-state index contributed by atoms with van der Waals surface area (Å²) in [7, 11) is 0. The monoisotopic (exact) mass is 800 g/mol. The van der Waals surface area contributed by atoms with Gasteiger partial charge < -0.3 is 13.8 Å². The Balaban J connectivity index is 0.000000299. The predicted molar refractivity (Wildman–Crippen MR) is 231 cm³/mol. The van der Waals surface area contributed by atoms with Crippen LogP contribution in [-0.4, -0.2) is 6.88 Å². The third-order valence-electron chi connectivity index (χ3n) is 8.98. The molecule has 0 atom stereocenters. The van der Waals surface area contributed by atoms with E-state index in [0.717, 1.165) is 6.42 Å². The topological polar surface area (TPSA) is 0 Å². The fourth-order valence-electron chi connectivity index (χ4n) is 6.69. The van der Waals surface area contributed by atoms with Crippen molar-refractivity contribution < 1.29 is 23.3 Å². The van der Waals surface area contributed by atoms with Gasteiger partial charge in [-0.2, -0.15) is 26.0 Å². The Morgan fingerprint density at radius 3 is 1.35 bits per heavy atom. The molecule has 0 fully saturated rings. The van der Waals surface area contributed by atoms with E-state index in [-0.39, 0.29) is 24.8 Å². The molecule has 262 valence electrons. The van der Waals surface area contributed by atoms with E-state index >= 15 is 0 Å². The maximum atomic E-state index is 3.25. The summed E-state index contributed by atoms with van der Waals surface area (Å²) in [6.07, 6.45) is 1.09. The molecule has 0 unspecified atom stereocenters. The first-order valence-corrected chi connectivity index (χ1v) is 21.2. The Morgan fingerprint density at radius 1 is 0.490 bits per heavy atom. The molecule has 0 saturated carbocycles. The van der Waals surface area contributed by atoms with Crippen molar-refractivity contribution in [1.29, 1.82) is 0 Å². The third kappa shape index (κ3) is 9.60. The Morgan fingerprint density at radius 2 is 0.882 bits per heavy atom. The van der Waals surface area contributed by atoms with Gasteiger partial charge in [0.25, 0.3) is 0 Å². The summed E-state index contributed by atoms with van der Waals surface area (Å²) in [5, 5.41) is 10.8. The number of benzene rings is 6. The minimum absolute atomic E-state index is 0. The van der Waals surface area contributed by atoms with Crippen LogP contribution in [0.2, 0.25) is 0 Å². The average Bonchev–Trinajstić information content (AvgIpc) is 3.80. The van der Waals surface area contributed by atoms with Gasteiger partial charge in [0.05, 0.1) is 0 Å². The van der Waals surface area contributed by atoms with E-state index in [9.17, 15) is 0 Å². The van der Waals surface area contributed by atoms with Crippen molar-refractivity contribution in [2.75, 3.05) is 0 Å². The second kappa shape index (κ2) is 21.3. The number of halogens is 2. The van der Waals surface area contributed by atoms with E-state index in [1.165, 1.54) is 111 Å². The van der Waals surface area contributed by atoms with Gasteiger partial charge in [-0.3, -0.25) is 0 Å². The summed E-state index contributed by atoms with van der Waals surface area (Å²) in [5.41, 5.74) is 10.8. The molecule has 8 aromatic carbocycles. The molecule has 0 heterocycles. The number of aryl methyl sites for hydroxylation is 4. The first-order chi connectivity index (χ1) is 24.0. The van der Waals surface area contributed by atoms with Crippen molar-refractivity contribution in [1.82, 2.24) is 0 Å². The van der Waals surface area contributed by atoms with Crippen molar-refractivity contribution in [2.45, 2.75) is 48.0 Å². The zero-order chi connectivity index (χ0) is 35.5. The quantitative estimate of drug-likeness (QED) is 0.123. The van der Waals surface area contributed by atoms with Crippen LogP contribution in [0, 0.1) is 34.6 Å². The van der Waals surface area contributed by atoms with Crippen LogP contribution in [0.3, 0.4) is 0 Å². The average molecular weight is 803 g/mol. The molecule has 8 aromatic rings. The molecule has 0 spiro atoms. The Labute approximate surface area is 335 Å². The molecule has 4 heteroatoms. The Hall–Kier alpha value is -3.26. The van der Waals surface area contributed by atoms with Crippen LogP contribution in [0.4, 0.5) is 0 Å². The number of hydrogen-bond donors (Lipinski definition) is 0. The summed E-state index contributed by atoms with van der Waals surface area (Å²) in [5.74, 6) is 0. The fourth-order valence-corrected chi connectivity index (χ4v) is 6.69. The second-order valence-corrected chi connectivity index (χ2v) is 11.8. The Kier molecular flexibility index (Phi) is 18.3. The van der Waals surface area contributed by atoms with Gasteiger partial charge in [-0.1, -0.05) is 136 Å². The van der Waals surface area contributed by atoms with Gasteiger partial charge in [0.1, 0.15) is 0 Å². The zero-order valence-corrected chi connectivity index (χ0v) is 35.7. The molecular weight excluding hydrogens is 755 g/mol. The second-order valence-electron chi connectivity index (χ2n) is 11.8. The van der Waals surface area contributed by atoms with Crippen molar-refractivity contribution >= 4 is 74.8 Å². The first kappa shape index (κ1) is 43.9. The van der Waals surface area contributed by atoms with E-state index < -0.39 is 0 Å². The molecule has 0 aliphatic carbocycles. The van der Waals surface area contributed by atoms with E-state index in [0.29, 0.717) is 0 Å². The van der Waals surface area contributed by atoms with Gasteiger partial charge in [-0.15, -0.1) is 92.9 Å². The van der Waals surface area contributed by atoms with Gasteiger partial charge >= 0.3 is 30.2 Å².